The summed E-state index contributed by atoms with van der Waals surface area (Å²) in [7, 11) is 2.97. The first-order chi connectivity index (χ1) is 9.06. The van der Waals surface area contributed by atoms with Crippen molar-refractivity contribution in [1.82, 2.24) is 0 Å². The number of methoxy groups -OCH3 is 2. The van der Waals surface area contributed by atoms with Crippen LogP contribution in [0.15, 0.2) is 28.1 Å². The zero-order chi connectivity index (χ0) is 14.0. The summed E-state index contributed by atoms with van der Waals surface area (Å²) in [5.41, 5.74) is 0.369. The highest BCUT2D eigenvalue weighted by Crippen LogP contribution is 2.40. The van der Waals surface area contributed by atoms with E-state index >= 15 is 0 Å². The molecule has 0 radical (unpaired) electrons. The maximum atomic E-state index is 14.1. The van der Waals surface area contributed by atoms with Crippen LogP contribution in [0.5, 0.6) is 11.5 Å². The molecule has 102 valence electrons. The first-order valence-corrected chi connectivity index (χ1v) is 7.42. The fourth-order valence-corrected chi connectivity index (χ4v) is 3.48. The second-order valence-corrected chi connectivity index (χ2v) is 6.66. The van der Waals surface area contributed by atoms with E-state index in [1.165, 1.54) is 31.6 Å². The highest BCUT2D eigenvalue weighted by molar-refractivity contribution is 9.11. The third-order valence-corrected chi connectivity index (χ3v) is 4.91. The molecule has 0 spiro atoms. The van der Waals surface area contributed by atoms with Crippen LogP contribution in [0.25, 0.3) is 0 Å². The van der Waals surface area contributed by atoms with Gasteiger partial charge in [-0.1, -0.05) is 0 Å². The van der Waals surface area contributed by atoms with E-state index in [9.17, 15) is 4.39 Å². The molecule has 1 atom stereocenters. The average Bonchev–Trinajstić information content (AvgIpc) is 2.84. The van der Waals surface area contributed by atoms with E-state index in [0.717, 1.165) is 8.66 Å². The summed E-state index contributed by atoms with van der Waals surface area (Å²) in [5.74, 6) is 0.391. The Morgan fingerprint density at radius 1 is 1.21 bits per heavy atom. The number of hydrogen-bond acceptors (Lipinski definition) is 3. The fraction of sp³-hybridized carbons (Fsp3) is 0.231. The molecule has 0 amide bonds. The van der Waals surface area contributed by atoms with E-state index in [2.05, 4.69) is 15.9 Å². The Balaban J connectivity index is 2.44. The third kappa shape index (κ3) is 3.04. The maximum Gasteiger partial charge on any atom is 0.163 e. The normalized spacial score (nSPS) is 12.3. The van der Waals surface area contributed by atoms with Crippen LogP contribution in [-0.4, -0.2) is 14.2 Å². The monoisotopic (exact) mass is 364 g/mol. The highest BCUT2D eigenvalue weighted by atomic mass is 79.9. The molecule has 1 aromatic heterocycles. The number of rotatable bonds is 4. The van der Waals surface area contributed by atoms with E-state index in [-0.39, 0.29) is 0 Å². The number of thiophene rings is 1. The molecule has 2 nitrogen and oxygen atoms in total. The molecule has 19 heavy (non-hydrogen) atoms. The van der Waals surface area contributed by atoms with Crippen molar-refractivity contribution >= 4 is 38.9 Å². The summed E-state index contributed by atoms with van der Waals surface area (Å²) in [6, 6.07) is 6.60. The summed E-state index contributed by atoms with van der Waals surface area (Å²) in [6.45, 7) is 0. The molecular weight excluding hydrogens is 355 g/mol. The van der Waals surface area contributed by atoms with Gasteiger partial charge in [0.2, 0.25) is 0 Å². The molecule has 0 N–H and O–H groups in total. The van der Waals surface area contributed by atoms with E-state index < -0.39 is 11.2 Å². The lowest BCUT2D eigenvalue weighted by atomic mass is 10.1. The van der Waals surface area contributed by atoms with Gasteiger partial charge in [-0.05, 0) is 34.1 Å². The second-order valence-electron chi connectivity index (χ2n) is 3.73. The van der Waals surface area contributed by atoms with Crippen molar-refractivity contribution in [2.75, 3.05) is 14.2 Å². The van der Waals surface area contributed by atoms with Gasteiger partial charge in [0, 0.05) is 16.5 Å². The van der Waals surface area contributed by atoms with Crippen LogP contribution in [0.1, 0.15) is 15.8 Å². The van der Waals surface area contributed by atoms with Gasteiger partial charge in [0.1, 0.15) is 5.82 Å². The molecule has 1 heterocycles. The quantitative estimate of drug-likeness (QED) is 0.710. The molecule has 1 aromatic carbocycles. The predicted octanol–water partition coefficient (Wildman–Crippen LogP) is 5.00. The highest BCUT2D eigenvalue weighted by Gasteiger charge is 2.20. The van der Waals surface area contributed by atoms with E-state index in [0.29, 0.717) is 17.1 Å². The van der Waals surface area contributed by atoms with Crippen LogP contribution in [0.2, 0.25) is 0 Å². The van der Waals surface area contributed by atoms with Crippen molar-refractivity contribution in [2.24, 2.45) is 0 Å². The first kappa shape index (κ1) is 14.6. The zero-order valence-corrected chi connectivity index (χ0v) is 13.4. The Bertz CT molecular complexity index is 588. The lowest BCUT2D eigenvalue weighted by molar-refractivity contribution is 0.351. The Morgan fingerprint density at radius 3 is 2.37 bits per heavy atom. The number of hydrogen-bond donors (Lipinski definition) is 0. The number of ether oxygens (including phenoxy) is 2. The largest absolute Gasteiger partial charge is 0.493 e. The molecule has 0 bridgehead atoms. The van der Waals surface area contributed by atoms with Crippen molar-refractivity contribution in [3.8, 4) is 11.5 Å². The minimum absolute atomic E-state index is 0.347. The molecule has 2 aromatic rings. The summed E-state index contributed by atoms with van der Waals surface area (Å²) >= 11 is 11.2. The van der Waals surface area contributed by atoms with Gasteiger partial charge in [-0.15, -0.1) is 22.9 Å². The van der Waals surface area contributed by atoms with Gasteiger partial charge < -0.3 is 9.47 Å². The van der Waals surface area contributed by atoms with Crippen LogP contribution in [0.4, 0.5) is 4.39 Å². The Labute approximate surface area is 128 Å². The van der Waals surface area contributed by atoms with Crippen LogP contribution < -0.4 is 9.47 Å². The van der Waals surface area contributed by atoms with Gasteiger partial charge in [-0.2, -0.15) is 0 Å². The lowest BCUT2D eigenvalue weighted by Crippen LogP contribution is -1.99. The molecular formula is C13H11BrClFO2S. The number of alkyl halides is 1. The van der Waals surface area contributed by atoms with Crippen molar-refractivity contribution in [1.29, 1.82) is 0 Å². The van der Waals surface area contributed by atoms with Gasteiger partial charge in [-0.25, -0.2) is 4.39 Å². The summed E-state index contributed by atoms with van der Waals surface area (Å²) in [6.07, 6.45) is 0. The van der Waals surface area contributed by atoms with Crippen LogP contribution in [-0.2, 0) is 0 Å². The van der Waals surface area contributed by atoms with Crippen molar-refractivity contribution in [3.63, 3.8) is 0 Å². The summed E-state index contributed by atoms with van der Waals surface area (Å²) in [5, 5.41) is -0.559. The molecule has 1 unspecified atom stereocenters. The minimum atomic E-state index is -0.559. The molecule has 0 fully saturated rings. The lowest BCUT2D eigenvalue weighted by Gasteiger charge is -2.13. The standard InChI is InChI=1S/C13H11BrClFO2S/c1-17-9-5-7(8(16)6-10(9)18-2)13(15)11-3-4-12(14)19-11/h3-6,13H,1-2H3. The molecule has 0 aliphatic heterocycles. The summed E-state index contributed by atoms with van der Waals surface area (Å²) in [4.78, 5) is 0.861. The van der Waals surface area contributed by atoms with E-state index in [4.69, 9.17) is 21.1 Å². The Hall–Kier alpha value is -0.780. The van der Waals surface area contributed by atoms with Gasteiger partial charge in [-0.3, -0.25) is 0 Å². The van der Waals surface area contributed by atoms with Crippen molar-refractivity contribution < 1.29 is 13.9 Å². The second kappa shape index (κ2) is 6.11. The topological polar surface area (TPSA) is 18.5 Å². The molecule has 2 rings (SSSR count). The van der Waals surface area contributed by atoms with E-state index in [1.807, 2.05) is 12.1 Å². The van der Waals surface area contributed by atoms with Crippen molar-refractivity contribution in [2.45, 2.75) is 5.38 Å². The maximum absolute atomic E-state index is 14.1. The zero-order valence-electron chi connectivity index (χ0n) is 10.2. The SMILES string of the molecule is COc1cc(F)c(C(Cl)c2ccc(Br)s2)cc1OC. The number of halogens is 3. The van der Waals surface area contributed by atoms with Gasteiger partial charge in [0.15, 0.2) is 11.5 Å². The first-order valence-electron chi connectivity index (χ1n) is 5.37. The number of benzene rings is 1. The summed E-state index contributed by atoms with van der Waals surface area (Å²) < 4.78 is 25.2. The van der Waals surface area contributed by atoms with Crippen LogP contribution in [0, 0.1) is 5.82 Å². The Morgan fingerprint density at radius 2 is 1.84 bits per heavy atom. The fourth-order valence-electron chi connectivity index (χ4n) is 1.68. The average molecular weight is 366 g/mol. The van der Waals surface area contributed by atoms with E-state index in [1.54, 1.807) is 6.07 Å². The Kier molecular flexibility index (Phi) is 4.71. The smallest absolute Gasteiger partial charge is 0.163 e. The van der Waals surface area contributed by atoms with Crippen molar-refractivity contribution in [3.05, 3.63) is 44.3 Å². The minimum Gasteiger partial charge on any atom is -0.493 e. The molecule has 0 saturated carbocycles. The van der Waals surface area contributed by atoms with Gasteiger partial charge >= 0.3 is 0 Å². The van der Waals surface area contributed by atoms with Gasteiger partial charge in [0.25, 0.3) is 0 Å². The third-order valence-electron chi connectivity index (χ3n) is 2.62. The molecule has 0 aliphatic rings. The molecule has 0 aliphatic carbocycles. The molecule has 0 saturated heterocycles. The predicted molar refractivity (Wildman–Crippen MR) is 79.2 cm³/mol. The molecule has 6 heteroatoms. The van der Waals surface area contributed by atoms with Crippen LogP contribution >= 0.6 is 38.9 Å². The van der Waals surface area contributed by atoms with Crippen LogP contribution in [0.3, 0.4) is 0 Å². The van der Waals surface area contributed by atoms with Gasteiger partial charge in [0.05, 0.1) is 23.4 Å².